The maximum atomic E-state index is 13.4. The zero-order chi connectivity index (χ0) is 23.5. The van der Waals surface area contributed by atoms with Crippen molar-refractivity contribution < 1.29 is 4.79 Å². The zero-order valence-corrected chi connectivity index (χ0v) is 20.3. The molecule has 3 heteroatoms. The quantitative estimate of drug-likeness (QED) is 0.459. The van der Waals surface area contributed by atoms with E-state index in [1.807, 2.05) is 12.2 Å². The van der Waals surface area contributed by atoms with Crippen LogP contribution >= 0.6 is 0 Å². The second-order valence-corrected chi connectivity index (χ2v) is 11.1. The van der Waals surface area contributed by atoms with Gasteiger partial charge in [-0.2, -0.15) is 0 Å². The second kappa shape index (κ2) is 7.34. The SMILES string of the molecule is CC(C)(C)C1=CC(=C2N=C3C(=N2)c2ccccc2Cc2ccccc23)C=C(C(C)(C)C)C1=O. The summed E-state index contributed by atoms with van der Waals surface area (Å²) in [7, 11) is 0. The third-order valence-corrected chi connectivity index (χ3v) is 6.55. The van der Waals surface area contributed by atoms with Crippen LogP contribution in [-0.4, -0.2) is 17.2 Å². The highest BCUT2D eigenvalue weighted by molar-refractivity contribution is 6.55. The molecule has 3 nitrogen and oxygen atoms in total. The molecule has 0 saturated carbocycles. The molecule has 0 radical (unpaired) electrons. The highest BCUT2D eigenvalue weighted by atomic mass is 16.1. The number of nitrogens with zero attached hydrogens (tertiary/aromatic N) is 2. The van der Waals surface area contributed by atoms with Gasteiger partial charge in [0.25, 0.3) is 0 Å². The molecule has 2 aromatic rings. The van der Waals surface area contributed by atoms with E-state index in [-0.39, 0.29) is 16.6 Å². The molecule has 0 N–H and O–H groups in total. The van der Waals surface area contributed by atoms with Gasteiger partial charge in [0.1, 0.15) is 0 Å². The lowest BCUT2D eigenvalue weighted by Gasteiger charge is -2.31. The van der Waals surface area contributed by atoms with Crippen LogP contribution in [0.4, 0.5) is 0 Å². The summed E-state index contributed by atoms with van der Waals surface area (Å²) in [4.78, 5) is 23.5. The summed E-state index contributed by atoms with van der Waals surface area (Å²) in [5.41, 5.74) is 8.63. The van der Waals surface area contributed by atoms with E-state index >= 15 is 0 Å². The average Bonchev–Trinajstić information content (AvgIpc) is 3.13. The average molecular weight is 435 g/mol. The van der Waals surface area contributed by atoms with Crippen molar-refractivity contribution in [2.45, 2.75) is 48.0 Å². The van der Waals surface area contributed by atoms with E-state index in [1.54, 1.807) is 0 Å². The number of rotatable bonds is 0. The van der Waals surface area contributed by atoms with Crippen LogP contribution in [-0.2, 0) is 11.2 Å². The molecule has 0 unspecified atom stereocenters. The third-order valence-electron chi connectivity index (χ3n) is 6.55. The number of hydrogen-bond donors (Lipinski definition) is 0. The van der Waals surface area contributed by atoms with Crippen molar-refractivity contribution in [3.05, 3.63) is 105 Å². The maximum Gasteiger partial charge on any atom is 0.186 e. The first kappa shape index (κ1) is 21.5. The summed E-state index contributed by atoms with van der Waals surface area (Å²) in [6, 6.07) is 16.9. The zero-order valence-electron chi connectivity index (χ0n) is 20.3. The number of carbonyl (C=O) groups is 1. The Kier molecular flexibility index (Phi) is 4.79. The number of benzene rings is 2. The third kappa shape index (κ3) is 3.66. The summed E-state index contributed by atoms with van der Waals surface area (Å²) in [5.74, 6) is 0.810. The number of aliphatic imine (C=N–C) groups is 2. The van der Waals surface area contributed by atoms with Crippen LogP contribution < -0.4 is 0 Å². The topological polar surface area (TPSA) is 41.8 Å². The van der Waals surface area contributed by atoms with Crippen LogP contribution in [0.25, 0.3) is 0 Å². The summed E-state index contributed by atoms with van der Waals surface area (Å²) in [5, 5.41) is 0. The molecule has 5 rings (SSSR count). The van der Waals surface area contributed by atoms with Crippen molar-refractivity contribution in [1.82, 2.24) is 0 Å². The van der Waals surface area contributed by atoms with E-state index in [4.69, 9.17) is 9.98 Å². The predicted molar refractivity (Wildman–Crippen MR) is 136 cm³/mol. The molecule has 1 heterocycles. The Morgan fingerprint density at radius 2 is 1.09 bits per heavy atom. The van der Waals surface area contributed by atoms with Crippen LogP contribution in [0.2, 0.25) is 0 Å². The fourth-order valence-corrected chi connectivity index (χ4v) is 4.74. The molecular formula is C30H30N2O. The molecule has 0 fully saturated rings. The molecule has 1 aliphatic heterocycles. The largest absolute Gasteiger partial charge is 0.289 e. The van der Waals surface area contributed by atoms with Crippen LogP contribution in [0.3, 0.4) is 0 Å². The summed E-state index contributed by atoms with van der Waals surface area (Å²) < 4.78 is 0. The van der Waals surface area contributed by atoms with Crippen molar-refractivity contribution in [3.63, 3.8) is 0 Å². The Labute approximate surface area is 196 Å². The number of fused-ring (bicyclic) bond motifs is 5. The molecule has 2 aliphatic carbocycles. The van der Waals surface area contributed by atoms with E-state index in [0.717, 1.165) is 45.7 Å². The standard InChI is InChI=1S/C30H30N2O/c1-29(2,3)23-16-20(17-24(27(23)33)30(4,5)6)28-31-25-21-13-9-7-11-18(21)15-19-12-8-10-14-22(19)26(25)32-28/h7-14,16-17H,15H2,1-6H3. The number of ketones is 1. The molecule has 3 aliphatic rings. The molecule has 0 bridgehead atoms. The molecule has 166 valence electrons. The van der Waals surface area contributed by atoms with Gasteiger partial charge in [-0.3, -0.25) is 4.79 Å². The number of hydrogen-bond acceptors (Lipinski definition) is 3. The number of carbonyl (C=O) groups excluding carboxylic acids is 1. The van der Waals surface area contributed by atoms with Gasteiger partial charge in [-0.1, -0.05) is 90.1 Å². The highest BCUT2D eigenvalue weighted by Crippen LogP contribution is 2.40. The lowest BCUT2D eigenvalue weighted by Crippen LogP contribution is -2.28. The molecular weight excluding hydrogens is 404 g/mol. The smallest absolute Gasteiger partial charge is 0.186 e. The highest BCUT2D eigenvalue weighted by Gasteiger charge is 2.36. The van der Waals surface area contributed by atoms with Crippen molar-refractivity contribution in [2.24, 2.45) is 20.8 Å². The Balaban J connectivity index is 1.79. The van der Waals surface area contributed by atoms with E-state index in [0.29, 0.717) is 5.82 Å². The van der Waals surface area contributed by atoms with Crippen molar-refractivity contribution in [1.29, 1.82) is 0 Å². The predicted octanol–water partition coefficient (Wildman–Crippen LogP) is 6.62. The van der Waals surface area contributed by atoms with Gasteiger partial charge in [0, 0.05) is 27.8 Å². The van der Waals surface area contributed by atoms with Crippen molar-refractivity contribution in [2.75, 3.05) is 0 Å². The van der Waals surface area contributed by atoms with Crippen LogP contribution in [0.1, 0.15) is 63.8 Å². The number of allylic oxidation sites excluding steroid dienone is 5. The summed E-state index contributed by atoms with van der Waals surface area (Å²) >= 11 is 0. The van der Waals surface area contributed by atoms with E-state index in [1.165, 1.54) is 11.1 Å². The minimum atomic E-state index is -0.268. The summed E-state index contributed by atoms with van der Waals surface area (Å²) in [6.07, 6.45) is 4.88. The summed E-state index contributed by atoms with van der Waals surface area (Å²) in [6.45, 7) is 12.5. The van der Waals surface area contributed by atoms with E-state index in [2.05, 4.69) is 90.1 Å². The van der Waals surface area contributed by atoms with Gasteiger partial charge in [-0.05, 0) is 40.5 Å². The van der Waals surface area contributed by atoms with Crippen LogP contribution in [0.5, 0.6) is 0 Å². The fraction of sp³-hybridized carbons (Fsp3) is 0.300. The van der Waals surface area contributed by atoms with Gasteiger partial charge >= 0.3 is 0 Å². The first-order valence-electron chi connectivity index (χ1n) is 11.6. The molecule has 2 aromatic carbocycles. The normalized spacial score (nSPS) is 17.9. The van der Waals surface area contributed by atoms with Gasteiger partial charge in [0.2, 0.25) is 0 Å². The van der Waals surface area contributed by atoms with Crippen molar-refractivity contribution in [3.8, 4) is 0 Å². The minimum Gasteiger partial charge on any atom is -0.289 e. The number of Topliss-reactive ketones (excluding diaryl/α,β-unsaturated/α-hetero) is 1. The first-order valence-corrected chi connectivity index (χ1v) is 11.6. The Hall–Kier alpha value is -3.33. The Morgan fingerprint density at radius 3 is 1.52 bits per heavy atom. The lowest BCUT2D eigenvalue weighted by atomic mass is 9.72. The van der Waals surface area contributed by atoms with Crippen LogP contribution in [0, 0.1) is 10.8 Å². The lowest BCUT2D eigenvalue weighted by molar-refractivity contribution is -0.114. The molecule has 0 aromatic heterocycles. The fourth-order valence-electron chi connectivity index (χ4n) is 4.74. The van der Waals surface area contributed by atoms with Gasteiger partial charge in [-0.25, -0.2) is 9.98 Å². The maximum absolute atomic E-state index is 13.4. The van der Waals surface area contributed by atoms with Gasteiger partial charge < -0.3 is 0 Å². The van der Waals surface area contributed by atoms with Crippen LogP contribution in [0.15, 0.2) is 93.2 Å². The monoisotopic (exact) mass is 434 g/mol. The molecule has 0 amide bonds. The second-order valence-electron chi connectivity index (χ2n) is 11.1. The van der Waals surface area contributed by atoms with E-state index in [9.17, 15) is 4.79 Å². The first-order chi connectivity index (χ1) is 15.5. The van der Waals surface area contributed by atoms with Crippen molar-refractivity contribution >= 4 is 17.2 Å². The van der Waals surface area contributed by atoms with Gasteiger partial charge in [-0.15, -0.1) is 0 Å². The minimum absolute atomic E-state index is 0.127. The van der Waals surface area contributed by atoms with Gasteiger partial charge in [0.05, 0.1) is 11.4 Å². The molecule has 0 spiro atoms. The molecule has 0 saturated heterocycles. The Bertz CT molecular complexity index is 1250. The molecule has 33 heavy (non-hydrogen) atoms. The van der Waals surface area contributed by atoms with E-state index < -0.39 is 0 Å². The van der Waals surface area contributed by atoms with Gasteiger partial charge in [0.15, 0.2) is 11.6 Å². The molecule has 0 atom stereocenters. The Morgan fingerprint density at radius 1 is 0.667 bits per heavy atom.